The Morgan fingerprint density at radius 1 is 0.843 bits per heavy atom. The molecule has 0 radical (unpaired) electrons. The van der Waals surface area contributed by atoms with Crippen LogP contribution < -0.4 is 15.4 Å². The van der Waals surface area contributed by atoms with Crippen LogP contribution in [0.4, 0.5) is 42.1 Å². The lowest BCUT2D eigenvalue weighted by Gasteiger charge is -2.25. The molecule has 0 aliphatic carbocycles. The first-order valence-corrected chi connectivity index (χ1v) is 16.7. The number of ether oxygens (including phenoxy) is 2. The Bertz CT molecular complexity index is 2110. The summed E-state index contributed by atoms with van der Waals surface area (Å²) in [6.07, 6.45) is -9.79. The molecule has 51 heavy (non-hydrogen) atoms. The number of carbonyl (C=O) groups is 2. The zero-order valence-corrected chi connectivity index (χ0v) is 28.0. The van der Waals surface area contributed by atoms with Crippen LogP contribution in [0.1, 0.15) is 31.2 Å². The molecule has 0 atom stereocenters. The van der Waals surface area contributed by atoms with E-state index in [2.05, 4.69) is 14.9 Å². The van der Waals surface area contributed by atoms with Crippen LogP contribution >= 0.6 is 23.3 Å². The molecule has 0 saturated carbocycles. The van der Waals surface area contributed by atoms with Gasteiger partial charge in [0.2, 0.25) is 0 Å². The fourth-order valence-corrected chi connectivity index (χ4v) is 7.37. The number of hydrogen-bond acceptors (Lipinski definition) is 7. The van der Waals surface area contributed by atoms with Crippen LogP contribution in [0.25, 0.3) is 21.2 Å². The summed E-state index contributed by atoms with van der Waals surface area (Å²) in [5, 5.41) is 4.94. The van der Waals surface area contributed by atoms with Crippen LogP contribution in [0.15, 0.2) is 83.8 Å². The third-order valence-electron chi connectivity index (χ3n) is 7.81. The Labute approximate surface area is 294 Å². The molecule has 2 N–H and O–H groups in total. The van der Waals surface area contributed by atoms with E-state index in [4.69, 9.17) is 9.47 Å². The Morgan fingerprint density at radius 2 is 1.59 bits per heavy atom. The first-order valence-electron chi connectivity index (χ1n) is 15.1. The summed E-state index contributed by atoms with van der Waals surface area (Å²) in [5.41, 5.74) is -1.79. The van der Waals surface area contributed by atoms with Gasteiger partial charge >= 0.3 is 12.4 Å². The third kappa shape index (κ3) is 8.14. The van der Waals surface area contributed by atoms with Gasteiger partial charge in [-0.25, -0.2) is 8.70 Å². The van der Waals surface area contributed by atoms with Crippen molar-refractivity contribution in [1.29, 1.82) is 0 Å². The molecule has 2 amide bonds. The molecule has 4 aromatic carbocycles. The lowest BCUT2D eigenvalue weighted by Crippen LogP contribution is -2.30. The molecule has 1 fully saturated rings. The van der Waals surface area contributed by atoms with E-state index in [0.29, 0.717) is 42.2 Å². The van der Waals surface area contributed by atoms with Gasteiger partial charge in [0.1, 0.15) is 16.4 Å². The second kappa shape index (κ2) is 14.5. The van der Waals surface area contributed by atoms with Crippen LogP contribution in [0, 0.1) is 5.82 Å². The van der Waals surface area contributed by atoms with Gasteiger partial charge in [-0.3, -0.25) is 9.59 Å². The number of anilines is 2. The summed E-state index contributed by atoms with van der Waals surface area (Å²) >= 11 is 2.16. The number of rotatable bonds is 8. The lowest BCUT2D eigenvalue weighted by atomic mass is 10.0. The number of carbonyl (C=O) groups excluding carboxylic acids is 2. The van der Waals surface area contributed by atoms with Crippen molar-refractivity contribution in [2.75, 3.05) is 44.0 Å². The highest BCUT2D eigenvalue weighted by atomic mass is 32.2. The molecule has 1 saturated heterocycles. The maximum absolute atomic E-state index is 13.9. The number of hydrogen-bond donors (Lipinski definition) is 2. The third-order valence-corrected chi connectivity index (χ3v) is 10.0. The summed E-state index contributed by atoms with van der Waals surface area (Å²) in [5.74, 6) is -3.22. The zero-order valence-electron chi connectivity index (χ0n) is 26.4. The van der Waals surface area contributed by atoms with Crippen molar-refractivity contribution in [3.8, 4) is 16.9 Å². The average Bonchev–Trinajstić information content (AvgIpc) is 3.46. The van der Waals surface area contributed by atoms with E-state index in [1.165, 1.54) is 7.11 Å². The van der Waals surface area contributed by atoms with E-state index in [1.807, 2.05) is 24.3 Å². The minimum atomic E-state index is -5.06. The van der Waals surface area contributed by atoms with Gasteiger partial charge < -0.3 is 20.1 Å². The molecule has 0 bridgehead atoms. The smallest absolute Gasteiger partial charge is 0.419 e. The summed E-state index contributed by atoms with van der Waals surface area (Å²) < 4.78 is 108. The predicted octanol–water partition coefficient (Wildman–Crippen LogP) is 9.60. The quantitative estimate of drug-likeness (QED) is 0.122. The number of benzene rings is 4. The number of amides is 2. The number of nitrogens with one attached hydrogen (secondary N) is 2. The Morgan fingerprint density at radius 3 is 2.29 bits per heavy atom. The van der Waals surface area contributed by atoms with Gasteiger partial charge in [0.05, 0.1) is 42.7 Å². The Balaban J connectivity index is 1.35. The fourth-order valence-electron chi connectivity index (χ4n) is 5.33. The Hall–Kier alpha value is -4.64. The zero-order chi connectivity index (χ0) is 36.5. The fraction of sp³-hybridized carbons (Fsp3) is 0.200. The van der Waals surface area contributed by atoms with Crippen molar-refractivity contribution in [3.63, 3.8) is 0 Å². The van der Waals surface area contributed by atoms with E-state index in [0.717, 1.165) is 47.8 Å². The number of morpholine rings is 1. The monoisotopic (exact) mass is 749 g/mol. The van der Waals surface area contributed by atoms with Crippen molar-refractivity contribution >= 4 is 56.6 Å². The lowest BCUT2D eigenvalue weighted by molar-refractivity contribution is -0.140. The SMILES string of the molecule is COc1ccc(-c2cccc(SN3CCOCC3)c2)cc1C(=O)Nc1c(C(=O)Nc2ccc(F)c(C(F)(F)F)c2)sc2cc(C(F)(F)F)ccc12. The highest BCUT2D eigenvalue weighted by molar-refractivity contribution is 7.97. The standard InChI is InChI=1S/C35H26F7N3O4S2/c1-48-28-10-5-20(19-3-2-4-23(15-19)51-45-11-13-49-14-12-45)16-25(28)32(46)44-30-24-8-6-21(34(37,38)39)17-29(24)50-31(30)33(47)43-22-7-9-27(36)26(18-22)35(40,41)42/h2-10,15-18H,11-14H2,1H3,(H,43,47)(H,44,46). The molecule has 5 aromatic rings. The van der Waals surface area contributed by atoms with Gasteiger partial charge in [-0.05, 0) is 77.7 Å². The molecule has 7 nitrogen and oxygen atoms in total. The molecule has 266 valence electrons. The molecule has 1 aliphatic rings. The topological polar surface area (TPSA) is 79.9 Å². The summed E-state index contributed by atoms with van der Waals surface area (Å²) in [4.78, 5) is 28.1. The van der Waals surface area contributed by atoms with Gasteiger partial charge in [-0.15, -0.1) is 11.3 Å². The molecule has 0 unspecified atom stereocenters. The van der Waals surface area contributed by atoms with Crippen molar-refractivity contribution in [3.05, 3.63) is 106 Å². The van der Waals surface area contributed by atoms with Crippen molar-refractivity contribution in [1.82, 2.24) is 4.31 Å². The summed E-state index contributed by atoms with van der Waals surface area (Å²) in [6, 6.07) is 17.0. The van der Waals surface area contributed by atoms with Crippen LogP contribution in [-0.4, -0.2) is 49.5 Å². The average molecular weight is 750 g/mol. The minimum Gasteiger partial charge on any atom is -0.496 e. The molecule has 0 spiro atoms. The van der Waals surface area contributed by atoms with E-state index < -0.39 is 46.8 Å². The van der Waals surface area contributed by atoms with Gasteiger partial charge in [-0.1, -0.05) is 24.3 Å². The molecule has 1 aliphatic heterocycles. The van der Waals surface area contributed by atoms with Crippen molar-refractivity contribution < 1.29 is 49.8 Å². The maximum atomic E-state index is 13.9. The number of nitrogens with zero attached hydrogens (tertiary/aromatic N) is 1. The second-order valence-corrected chi connectivity index (χ2v) is 13.4. The maximum Gasteiger partial charge on any atom is 0.419 e. The number of thiophene rings is 1. The van der Waals surface area contributed by atoms with E-state index >= 15 is 0 Å². The van der Waals surface area contributed by atoms with Crippen molar-refractivity contribution in [2.24, 2.45) is 0 Å². The van der Waals surface area contributed by atoms with Crippen LogP contribution in [0.2, 0.25) is 0 Å². The molecule has 2 heterocycles. The Kier molecular flexibility index (Phi) is 10.3. The summed E-state index contributed by atoms with van der Waals surface area (Å²) in [6.45, 7) is 2.77. The molecular formula is C35H26F7N3O4S2. The van der Waals surface area contributed by atoms with Crippen LogP contribution in [0.5, 0.6) is 5.75 Å². The van der Waals surface area contributed by atoms with Crippen LogP contribution in [-0.2, 0) is 17.1 Å². The summed E-state index contributed by atoms with van der Waals surface area (Å²) in [7, 11) is 1.35. The largest absolute Gasteiger partial charge is 0.496 e. The number of alkyl halides is 6. The van der Waals surface area contributed by atoms with E-state index in [9.17, 15) is 40.3 Å². The number of halogens is 7. The van der Waals surface area contributed by atoms with Gasteiger partial charge in [0, 0.05) is 33.8 Å². The molecule has 16 heteroatoms. The van der Waals surface area contributed by atoms with Gasteiger partial charge in [0.15, 0.2) is 0 Å². The van der Waals surface area contributed by atoms with E-state index in [-0.39, 0.29) is 32.0 Å². The predicted molar refractivity (Wildman–Crippen MR) is 181 cm³/mol. The normalized spacial score (nSPS) is 14.0. The van der Waals surface area contributed by atoms with Crippen molar-refractivity contribution in [2.45, 2.75) is 17.2 Å². The minimum absolute atomic E-state index is 0.0318. The van der Waals surface area contributed by atoms with Gasteiger partial charge in [-0.2, -0.15) is 26.3 Å². The second-order valence-electron chi connectivity index (χ2n) is 11.2. The highest BCUT2D eigenvalue weighted by Crippen LogP contribution is 2.41. The molecular weight excluding hydrogens is 724 g/mol. The van der Waals surface area contributed by atoms with E-state index in [1.54, 1.807) is 30.1 Å². The molecule has 1 aromatic heterocycles. The van der Waals surface area contributed by atoms with Gasteiger partial charge in [0.25, 0.3) is 11.8 Å². The number of fused-ring (bicyclic) bond motifs is 1. The first kappa shape index (κ1) is 36.2. The number of methoxy groups -OCH3 is 1. The van der Waals surface area contributed by atoms with Crippen LogP contribution in [0.3, 0.4) is 0 Å². The highest BCUT2D eigenvalue weighted by Gasteiger charge is 2.35. The molecule has 6 rings (SSSR count). The first-order chi connectivity index (χ1) is 24.2.